The van der Waals surface area contributed by atoms with E-state index in [1.807, 2.05) is 0 Å². The van der Waals surface area contributed by atoms with Gasteiger partial charge in [-0.3, -0.25) is 0 Å². The summed E-state index contributed by atoms with van der Waals surface area (Å²) in [5.41, 5.74) is -0.928. The number of rotatable bonds is 4. The number of alkyl halides is 3. The maximum absolute atomic E-state index is 14.4. The summed E-state index contributed by atoms with van der Waals surface area (Å²) < 4.78 is 59.7. The molecule has 1 aromatic carbocycles. The highest BCUT2D eigenvalue weighted by Gasteiger charge is 2.38. The van der Waals surface area contributed by atoms with Crippen molar-refractivity contribution < 1.29 is 27.4 Å². The van der Waals surface area contributed by atoms with E-state index in [0.29, 0.717) is 0 Å². The second-order valence-electron chi connectivity index (χ2n) is 5.40. The second-order valence-corrected chi connectivity index (χ2v) is 5.40. The van der Waals surface area contributed by atoms with Crippen LogP contribution in [0.3, 0.4) is 0 Å². The summed E-state index contributed by atoms with van der Waals surface area (Å²) in [6, 6.07) is 2.34. The molecule has 1 N–H and O–H groups in total. The van der Waals surface area contributed by atoms with Crippen molar-refractivity contribution >= 4 is 0 Å². The zero-order valence-corrected chi connectivity index (χ0v) is 12.2. The Hall–Kier alpha value is -2.09. The Labute approximate surface area is 129 Å². The van der Waals surface area contributed by atoms with Crippen LogP contribution < -0.4 is 4.74 Å². The van der Waals surface area contributed by atoms with Crippen LogP contribution in [0.5, 0.6) is 5.75 Å². The van der Waals surface area contributed by atoms with Crippen LogP contribution in [0.25, 0.3) is 11.4 Å². The number of aromatic nitrogens is 2. The molecule has 1 aliphatic carbocycles. The summed E-state index contributed by atoms with van der Waals surface area (Å²) in [4.78, 5) is 3.59. The predicted molar refractivity (Wildman–Crippen MR) is 73.4 cm³/mol. The van der Waals surface area contributed by atoms with E-state index in [4.69, 9.17) is 9.84 Å². The average molecular weight is 330 g/mol. The molecule has 1 aromatic heterocycles. The molecule has 8 heteroatoms. The molecule has 0 unspecified atom stereocenters. The van der Waals surface area contributed by atoms with Gasteiger partial charge in [0.25, 0.3) is 0 Å². The molecule has 1 saturated carbocycles. The minimum Gasteiger partial charge on any atom is -0.496 e. The van der Waals surface area contributed by atoms with Gasteiger partial charge in [0, 0.05) is 12.2 Å². The zero-order valence-electron chi connectivity index (χ0n) is 12.2. The Morgan fingerprint density at radius 3 is 2.57 bits per heavy atom. The number of ether oxygens (including phenoxy) is 1. The molecule has 0 aliphatic heterocycles. The van der Waals surface area contributed by atoms with E-state index < -0.39 is 24.3 Å². The third kappa shape index (κ3) is 2.90. The summed E-state index contributed by atoms with van der Waals surface area (Å²) in [5.74, 6) is -0.858. The average Bonchev–Trinajstić information content (AvgIpc) is 3.24. The molecule has 23 heavy (non-hydrogen) atoms. The lowest BCUT2D eigenvalue weighted by Crippen LogP contribution is -2.05. The van der Waals surface area contributed by atoms with E-state index >= 15 is 0 Å². The van der Waals surface area contributed by atoms with Crippen LogP contribution in [0.1, 0.15) is 30.1 Å². The van der Waals surface area contributed by atoms with E-state index in [2.05, 4.69) is 4.98 Å². The molecule has 1 heterocycles. The second kappa shape index (κ2) is 5.52. The molecule has 0 spiro atoms. The SMILES string of the molecule is COc1cc(CO)cc(F)c1-c1nc(C(F)(F)F)cn1C1CC1. The molecule has 0 amide bonds. The molecule has 0 radical (unpaired) electrons. The first-order valence-corrected chi connectivity index (χ1v) is 6.99. The van der Waals surface area contributed by atoms with Gasteiger partial charge in [0.05, 0.1) is 19.3 Å². The molecule has 1 fully saturated rings. The van der Waals surface area contributed by atoms with E-state index in [1.165, 1.54) is 17.7 Å². The first-order valence-electron chi connectivity index (χ1n) is 6.99. The van der Waals surface area contributed by atoms with Gasteiger partial charge in [0.1, 0.15) is 17.4 Å². The van der Waals surface area contributed by atoms with Crippen molar-refractivity contribution in [2.75, 3.05) is 7.11 Å². The molecule has 1 aliphatic rings. The van der Waals surface area contributed by atoms with Gasteiger partial charge in [-0.2, -0.15) is 13.2 Å². The van der Waals surface area contributed by atoms with Crippen LogP contribution >= 0.6 is 0 Å². The van der Waals surface area contributed by atoms with Crippen molar-refractivity contribution in [3.8, 4) is 17.1 Å². The number of methoxy groups -OCH3 is 1. The van der Waals surface area contributed by atoms with Gasteiger partial charge in [-0.15, -0.1) is 0 Å². The van der Waals surface area contributed by atoms with Crippen LogP contribution in [0.4, 0.5) is 17.6 Å². The van der Waals surface area contributed by atoms with Gasteiger partial charge in [-0.1, -0.05) is 0 Å². The molecular weight excluding hydrogens is 316 g/mol. The van der Waals surface area contributed by atoms with Gasteiger partial charge in [0.2, 0.25) is 0 Å². The minimum atomic E-state index is -4.61. The number of halogens is 4. The Balaban J connectivity index is 2.20. The zero-order chi connectivity index (χ0) is 16.8. The van der Waals surface area contributed by atoms with Crippen molar-refractivity contribution in [2.24, 2.45) is 0 Å². The van der Waals surface area contributed by atoms with Gasteiger partial charge in [0.15, 0.2) is 5.69 Å². The number of aliphatic hydroxyl groups excluding tert-OH is 1. The number of hydrogen-bond acceptors (Lipinski definition) is 3. The Morgan fingerprint density at radius 1 is 1.35 bits per heavy atom. The fourth-order valence-electron chi connectivity index (χ4n) is 2.45. The number of benzene rings is 1. The minimum absolute atomic E-state index is 0.0373. The van der Waals surface area contributed by atoms with E-state index in [-0.39, 0.29) is 28.7 Å². The van der Waals surface area contributed by atoms with Gasteiger partial charge in [-0.25, -0.2) is 9.37 Å². The lowest BCUT2D eigenvalue weighted by atomic mass is 10.1. The Bertz CT molecular complexity index is 736. The van der Waals surface area contributed by atoms with E-state index in [1.54, 1.807) is 0 Å². The largest absolute Gasteiger partial charge is 0.496 e. The quantitative estimate of drug-likeness (QED) is 0.872. The first kappa shape index (κ1) is 15.8. The smallest absolute Gasteiger partial charge is 0.434 e. The van der Waals surface area contributed by atoms with E-state index in [0.717, 1.165) is 25.1 Å². The maximum atomic E-state index is 14.4. The van der Waals surface area contributed by atoms with Crippen LogP contribution in [-0.2, 0) is 12.8 Å². The predicted octanol–water partition coefficient (Wildman–Crippen LogP) is 3.54. The van der Waals surface area contributed by atoms with Crippen LogP contribution in [0, 0.1) is 5.82 Å². The number of hydrogen-bond donors (Lipinski definition) is 1. The van der Waals surface area contributed by atoms with E-state index in [9.17, 15) is 17.6 Å². The van der Waals surface area contributed by atoms with Crippen LogP contribution in [0.15, 0.2) is 18.3 Å². The lowest BCUT2D eigenvalue weighted by molar-refractivity contribution is -0.140. The fraction of sp³-hybridized carbons (Fsp3) is 0.400. The number of nitrogens with zero attached hydrogens (tertiary/aromatic N) is 2. The summed E-state index contributed by atoms with van der Waals surface area (Å²) >= 11 is 0. The van der Waals surface area contributed by atoms with Crippen molar-refractivity contribution in [2.45, 2.75) is 31.7 Å². The van der Waals surface area contributed by atoms with Gasteiger partial charge in [-0.05, 0) is 30.5 Å². The summed E-state index contributed by atoms with van der Waals surface area (Å²) in [6.07, 6.45) is -2.26. The maximum Gasteiger partial charge on any atom is 0.434 e. The third-order valence-corrected chi connectivity index (χ3v) is 3.70. The van der Waals surface area contributed by atoms with Crippen LogP contribution in [-0.4, -0.2) is 21.8 Å². The van der Waals surface area contributed by atoms with Crippen molar-refractivity contribution in [1.82, 2.24) is 9.55 Å². The van der Waals surface area contributed by atoms with Crippen LogP contribution in [0.2, 0.25) is 0 Å². The molecule has 3 rings (SSSR count). The molecule has 124 valence electrons. The summed E-state index contributed by atoms with van der Waals surface area (Å²) in [5, 5.41) is 9.12. The van der Waals surface area contributed by atoms with Gasteiger partial charge >= 0.3 is 6.18 Å². The van der Waals surface area contributed by atoms with Crippen molar-refractivity contribution in [3.05, 3.63) is 35.4 Å². The molecular formula is C15H14F4N2O2. The molecule has 2 aromatic rings. The normalized spacial score (nSPS) is 15.0. The van der Waals surface area contributed by atoms with Crippen molar-refractivity contribution in [3.63, 3.8) is 0 Å². The Morgan fingerprint density at radius 2 is 2.04 bits per heavy atom. The summed E-state index contributed by atoms with van der Waals surface area (Å²) in [6.45, 7) is -0.404. The first-order chi connectivity index (χ1) is 10.8. The molecule has 0 bridgehead atoms. The Kier molecular flexibility index (Phi) is 3.79. The standard InChI is InChI=1S/C15H14F4N2O2/c1-23-11-5-8(7-22)4-10(16)13(11)14-20-12(15(17,18)19)6-21(14)9-2-3-9/h4-6,9,22H,2-3,7H2,1H3. The topological polar surface area (TPSA) is 47.3 Å². The number of imidazole rings is 1. The molecule has 0 atom stereocenters. The highest BCUT2D eigenvalue weighted by atomic mass is 19.4. The van der Waals surface area contributed by atoms with Gasteiger partial charge < -0.3 is 14.4 Å². The third-order valence-electron chi connectivity index (χ3n) is 3.70. The molecule has 0 saturated heterocycles. The highest BCUT2D eigenvalue weighted by molar-refractivity contribution is 5.67. The highest BCUT2D eigenvalue weighted by Crippen LogP contribution is 2.43. The summed E-state index contributed by atoms with van der Waals surface area (Å²) in [7, 11) is 1.29. The fourth-order valence-corrected chi connectivity index (χ4v) is 2.45. The molecule has 4 nitrogen and oxygen atoms in total. The lowest BCUT2D eigenvalue weighted by Gasteiger charge is -2.12. The number of aliphatic hydroxyl groups is 1. The monoisotopic (exact) mass is 330 g/mol. The van der Waals surface area contributed by atoms with Crippen molar-refractivity contribution in [1.29, 1.82) is 0 Å².